The quantitative estimate of drug-likeness (QED) is 0.552. The summed E-state index contributed by atoms with van der Waals surface area (Å²) in [5, 5.41) is 13.2. The summed E-state index contributed by atoms with van der Waals surface area (Å²) in [5.74, 6) is -3.37. The fraction of sp³-hybridized carbons (Fsp3) is 0.222. The number of ether oxygens (including phenoxy) is 2. The molecule has 0 fully saturated rings. The van der Waals surface area contributed by atoms with Crippen LogP contribution in [-0.4, -0.2) is 42.6 Å². The number of carbonyl (C=O) groups is 2. The van der Waals surface area contributed by atoms with E-state index >= 15 is 0 Å². The van der Waals surface area contributed by atoms with Crippen LogP contribution in [0.5, 0.6) is 11.5 Å². The molecule has 2 N–H and O–H groups in total. The number of likely N-dealkylation sites (N-methyl/N-ethyl adjacent to an activating group) is 1. The minimum atomic E-state index is -1.44. The number of benzene rings is 3. The summed E-state index contributed by atoms with van der Waals surface area (Å²) in [6.07, 6.45) is -2.76. The van der Waals surface area contributed by atoms with E-state index in [0.29, 0.717) is 34.0 Å². The number of hydrogen-bond donors (Lipinski definition) is 2. The van der Waals surface area contributed by atoms with Crippen LogP contribution in [0.25, 0.3) is 0 Å². The number of rotatable bonds is 5. The van der Waals surface area contributed by atoms with Gasteiger partial charge in [0.05, 0.1) is 23.4 Å². The van der Waals surface area contributed by atoms with Crippen LogP contribution in [0.4, 0.5) is 14.5 Å². The molecule has 10 heteroatoms. The summed E-state index contributed by atoms with van der Waals surface area (Å²) in [6.45, 7) is 1.52. The SMILES string of the molecule is C[C@@H](C(=O)NC1N=C(c2ccc3c(c2)OCO3)c2ccccc2N(C)C1=O)[C@@H](O)c1ccc(F)c(F)c1. The molecule has 0 saturated heterocycles. The fourth-order valence-electron chi connectivity index (χ4n) is 4.28. The van der Waals surface area contributed by atoms with Crippen LogP contribution in [-0.2, 0) is 9.59 Å². The third kappa shape index (κ3) is 4.51. The molecular formula is C27H23F2N3O5. The minimum absolute atomic E-state index is 0.0304. The van der Waals surface area contributed by atoms with Crippen LogP contribution in [0.2, 0.25) is 0 Å². The van der Waals surface area contributed by atoms with Gasteiger partial charge in [0.25, 0.3) is 5.91 Å². The lowest BCUT2D eigenvalue weighted by molar-refractivity contribution is -0.132. The molecule has 0 bridgehead atoms. The number of carbonyl (C=O) groups excluding carboxylic acids is 2. The maximum atomic E-state index is 13.7. The Morgan fingerprint density at radius 2 is 1.84 bits per heavy atom. The molecule has 2 aliphatic rings. The number of nitrogens with zero attached hydrogens (tertiary/aromatic N) is 2. The van der Waals surface area contributed by atoms with Gasteiger partial charge in [-0.2, -0.15) is 0 Å². The Labute approximate surface area is 211 Å². The van der Waals surface area contributed by atoms with Crippen molar-refractivity contribution >= 4 is 23.2 Å². The summed E-state index contributed by atoms with van der Waals surface area (Å²) in [7, 11) is 1.58. The van der Waals surface area contributed by atoms with E-state index in [2.05, 4.69) is 10.3 Å². The van der Waals surface area contributed by atoms with E-state index in [-0.39, 0.29) is 12.4 Å². The first-order valence-electron chi connectivity index (χ1n) is 11.5. The van der Waals surface area contributed by atoms with Crippen LogP contribution in [0, 0.1) is 17.6 Å². The van der Waals surface area contributed by atoms with E-state index in [1.54, 1.807) is 37.4 Å². The van der Waals surface area contributed by atoms with Gasteiger partial charge in [0.1, 0.15) is 0 Å². The molecular weight excluding hydrogens is 484 g/mol. The lowest BCUT2D eigenvalue weighted by Crippen LogP contribution is -2.48. The Kier molecular flexibility index (Phi) is 6.34. The number of para-hydroxylation sites is 1. The first-order valence-corrected chi connectivity index (χ1v) is 11.5. The van der Waals surface area contributed by atoms with E-state index in [1.807, 2.05) is 12.1 Å². The molecule has 0 spiro atoms. The van der Waals surface area contributed by atoms with Crippen LogP contribution >= 0.6 is 0 Å². The highest BCUT2D eigenvalue weighted by atomic mass is 19.2. The number of halogens is 2. The molecule has 3 aromatic rings. The van der Waals surface area contributed by atoms with E-state index < -0.39 is 41.6 Å². The number of fused-ring (bicyclic) bond motifs is 2. The molecule has 5 rings (SSSR count). The van der Waals surface area contributed by atoms with Crippen LogP contribution < -0.4 is 19.7 Å². The number of hydrogen-bond acceptors (Lipinski definition) is 6. The highest BCUT2D eigenvalue weighted by Crippen LogP contribution is 2.35. The maximum absolute atomic E-state index is 13.7. The second-order valence-electron chi connectivity index (χ2n) is 8.78. The van der Waals surface area contributed by atoms with Gasteiger partial charge in [-0.3, -0.25) is 9.59 Å². The van der Waals surface area contributed by atoms with Crippen molar-refractivity contribution in [2.45, 2.75) is 19.2 Å². The molecule has 0 aliphatic carbocycles. The molecule has 37 heavy (non-hydrogen) atoms. The zero-order chi connectivity index (χ0) is 26.3. The van der Waals surface area contributed by atoms with Crippen LogP contribution in [0.3, 0.4) is 0 Å². The Bertz CT molecular complexity index is 1430. The van der Waals surface area contributed by atoms with E-state index in [0.717, 1.165) is 12.1 Å². The highest BCUT2D eigenvalue weighted by Gasteiger charge is 2.34. The Morgan fingerprint density at radius 1 is 1.08 bits per heavy atom. The van der Waals surface area contributed by atoms with Crippen LogP contribution in [0.15, 0.2) is 65.7 Å². The third-order valence-electron chi connectivity index (χ3n) is 6.44. The topological polar surface area (TPSA) is 100 Å². The van der Waals surface area contributed by atoms with Crippen molar-refractivity contribution < 1.29 is 33.0 Å². The Balaban J connectivity index is 1.48. The first-order chi connectivity index (χ1) is 17.7. The van der Waals surface area contributed by atoms with E-state index in [1.165, 1.54) is 17.9 Å². The summed E-state index contributed by atoms with van der Waals surface area (Å²) in [6, 6.07) is 15.4. The van der Waals surface area contributed by atoms with Gasteiger partial charge in [0, 0.05) is 18.2 Å². The van der Waals surface area contributed by atoms with Gasteiger partial charge in [-0.05, 0) is 42.0 Å². The monoisotopic (exact) mass is 507 g/mol. The fourth-order valence-corrected chi connectivity index (χ4v) is 4.28. The average Bonchev–Trinajstić information content (AvgIpc) is 3.35. The maximum Gasteiger partial charge on any atom is 0.272 e. The molecule has 3 aromatic carbocycles. The van der Waals surface area contributed by atoms with Crippen molar-refractivity contribution in [3.63, 3.8) is 0 Å². The molecule has 0 aromatic heterocycles. The van der Waals surface area contributed by atoms with Crippen molar-refractivity contribution in [1.82, 2.24) is 5.32 Å². The summed E-state index contributed by atoms with van der Waals surface area (Å²) >= 11 is 0. The van der Waals surface area contributed by atoms with Crippen molar-refractivity contribution in [1.29, 1.82) is 0 Å². The summed E-state index contributed by atoms with van der Waals surface area (Å²) in [4.78, 5) is 32.5. The molecule has 3 atom stereocenters. The minimum Gasteiger partial charge on any atom is -0.454 e. The third-order valence-corrected chi connectivity index (χ3v) is 6.44. The van der Waals surface area contributed by atoms with Gasteiger partial charge in [-0.15, -0.1) is 0 Å². The number of aliphatic imine (C=N–C) groups is 1. The molecule has 2 heterocycles. The predicted molar refractivity (Wildman–Crippen MR) is 130 cm³/mol. The van der Waals surface area contributed by atoms with Gasteiger partial charge in [-0.1, -0.05) is 31.2 Å². The molecule has 2 amide bonds. The summed E-state index contributed by atoms with van der Waals surface area (Å²) < 4.78 is 37.9. The largest absolute Gasteiger partial charge is 0.454 e. The predicted octanol–water partition coefficient (Wildman–Crippen LogP) is 3.32. The average molecular weight is 507 g/mol. The number of aliphatic hydroxyl groups excluding tert-OH is 1. The van der Waals surface area contributed by atoms with Gasteiger partial charge in [-0.25, -0.2) is 13.8 Å². The lowest BCUT2D eigenvalue weighted by atomic mass is 9.96. The second kappa shape index (κ2) is 9.62. The van der Waals surface area contributed by atoms with E-state index in [9.17, 15) is 23.5 Å². The van der Waals surface area contributed by atoms with Crippen LogP contribution in [0.1, 0.15) is 29.7 Å². The number of anilines is 1. The molecule has 8 nitrogen and oxygen atoms in total. The van der Waals surface area contributed by atoms with Gasteiger partial charge >= 0.3 is 0 Å². The van der Waals surface area contributed by atoms with Crippen molar-refractivity contribution in [3.05, 3.63) is 89.0 Å². The Morgan fingerprint density at radius 3 is 2.62 bits per heavy atom. The van der Waals surface area contributed by atoms with Crippen molar-refractivity contribution in [2.75, 3.05) is 18.7 Å². The molecule has 190 valence electrons. The van der Waals surface area contributed by atoms with Gasteiger partial charge in [0.2, 0.25) is 18.9 Å². The molecule has 1 unspecified atom stereocenters. The number of benzodiazepines with no additional fused rings is 1. The number of nitrogens with one attached hydrogen (secondary N) is 1. The Hall–Kier alpha value is -4.31. The standard InChI is InChI=1S/C27H23F2N3O5/c1-14(24(33)16-7-9-18(28)19(29)11-16)26(34)31-25-27(35)32(2)20-6-4-3-5-17(20)23(30-25)15-8-10-21-22(12-15)37-13-36-21/h3-12,14,24-25,33H,13H2,1-2H3,(H,31,34)/t14-,24-,25?/m1/s1. The smallest absolute Gasteiger partial charge is 0.272 e. The highest BCUT2D eigenvalue weighted by molar-refractivity contribution is 6.20. The van der Waals surface area contributed by atoms with Crippen molar-refractivity contribution in [2.24, 2.45) is 10.9 Å². The number of amides is 2. The van der Waals surface area contributed by atoms with E-state index in [4.69, 9.17) is 9.47 Å². The zero-order valence-corrected chi connectivity index (χ0v) is 19.9. The molecule has 0 radical (unpaired) electrons. The zero-order valence-electron chi connectivity index (χ0n) is 19.9. The normalized spacial score (nSPS) is 18.0. The molecule has 2 aliphatic heterocycles. The van der Waals surface area contributed by atoms with Gasteiger partial charge < -0.3 is 24.8 Å². The van der Waals surface area contributed by atoms with Crippen molar-refractivity contribution in [3.8, 4) is 11.5 Å². The number of aliphatic hydroxyl groups is 1. The molecule has 0 saturated carbocycles. The summed E-state index contributed by atoms with van der Waals surface area (Å²) in [5.41, 5.74) is 2.39. The lowest BCUT2D eigenvalue weighted by Gasteiger charge is -2.23. The van der Waals surface area contributed by atoms with Gasteiger partial charge in [0.15, 0.2) is 23.1 Å². The second-order valence-corrected chi connectivity index (χ2v) is 8.78. The first kappa shape index (κ1) is 24.4.